The fourth-order valence-corrected chi connectivity index (χ4v) is 2.35. The number of rotatable bonds is 3. The van der Waals surface area contributed by atoms with Crippen molar-refractivity contribution in [1.29, 1.82) is 5.26 Å². The monoisotopic (exact) mass is 306 g/mol. The van der Waals surface area contributed by atoms with Crippen LogP contribution in [0, 0.1) is 21.4 Å². The van der Waals surface area contributed by atoms with Crippen LogP contribution in [0.25, 0.3) is 0 Å². The lowest BCUT2D eigenvalue weighted by Gasteiger charge is -2.35. The van der Waals surface area contributed by atoms with Crippen molar-refractivity contribution in [3.05, 3.63) is 27.8 Å². The highest BCUT2D eigenvalue weighted by molar-refractivity contribution is 5.71. The van der Waals surface area contributed by atoms with E-state index in [-0.39, 0.29) is 30.1 Å². The summed E-state index contributed by atoms with van der Waals surface area (Å²) in [4.78, 5) is 24.4. The lowest BCUT2D eigenvalue weighted by atomic mass is 10.1. The van der Waals surface area contributed by atoms with Crippen LogP contribution in [0.2, 0.25) is 0 Å². The minimum Gasteiger partial charge on any atom is -0.496 e. The van der Waals surface area contributed by atoms with Crippen molar-refractivity contribution < 1.29 is 19.6 Å². The predicted molar refractivity (Wildman–Crippen MR) is 76.2 cm³/mol. The van der Waals surface area contributed by atoms with Crippen molar-refractivity contribution in [2.24, 2.45) is 0 Å². The second kappa shape index (κ2) is 6.17. The molecule has 0 unspecified atom stereocenters. The van der Waals surface area contributed by atoms with Crippen LogP contribution in [0.5, 0.6) is 5.75 Å². The van der Waals surface area contributed by atoms with Gasteiger partial charge in [-0.05, 0) is 0 Å². The molecule has 1 aromatic carbocycles. The molecule has 0 aromatic heterocycles. The van der Waals surface area contributed by atoms with Crippen molar-refractivity contribution in [3.8, 4) is 11.8 Å². The molecule has 1 saturated heterocycles. The summed E-state index contributed by atoms with van der Waals surface area (Å²) in [7, 11) is 1.39. The van der Waals surface area contributed by atoms with Gasteiger partial charge in [-0.2, -0.15) is 5.26 Å². The van der Waals surface area contributed by atoms with Gasteiger partial charge < -0.3 is 19.6 Å². The second-order valence-electron chi connectivity index (χ2n) is 4.67. The molecule has 0 radical (unpaired) electrons. The molecule has 1 amide bonds. The number of nitrogens with zero attached hydrogens (tertiary/aromatic N) is 4. The van der Waals surface area contributed by atoms with Gasteiger partial charge >= 0.3 is 6.09 Å². The molecule has 0 saturated carbocycles. The van der Waals surface area contributed by atoms with Crippen molar-refractivity contribution in [1.82, 2.24) is 4.90 Å². The number of benzene rings is 1. The van der Waals surface area contributed by atoms with Crippen LogP contribution in [0.15, 0.2) is 12.1 Å². The number of ether oxygens (including phenoxy) is 1. The third-order valence-electron chi connectivity index (χ3n) is 3.51. The number of nitro benzene ring substituents is 1. The van der Waals surface area contributed by atoms with Gasteiger partial charge in [0.2, 0.25) is 0 Å². The molecule has 0 aliphatic carbocycles. The van der Waals surface area contributed by atoms with Gasteiger partial charge in [0, 0.05) is 32.2 Å². The standard InChI is InChI=1S/C13H14N4O5/c1-22-9-6-11(10(8-14)12(7-9)17(20)21)15-2-4-16(5-3-15)13(18)19/h6-7H,2-5H2,1H3,(H,18,19). The van der Waals surface area contributed by atoms with Crippen molar-refractivity contribution in [3.63, 3.8) is 0 Å². The molecule has 0 spiro atoms. The first-order chi connectivity index (χ1) is 10.5. The lowest BCUT2D eigenvalue weighted by Crippen LogP contribution is -2.48. The van der Waals surface area contributed by atoms with Gasteiger partial charge in [0.25, 0.3) is 5.69 Å². The summed E-state index contributed by atoms with van der Waals surface area (Å²) in [6.07, 6.45) is -1.00. The molecule has 22 heavy (non-hydrogen) atoms. The predicted octanol–water partition coefficient (Wildman–Crippen LogP) is 1.28. The Kier molecular flexibility index (Phi) is 4.31. The number of hydrogen-bond acceptors (Lipinski definition) is 6. The van der Waals surface area contributed by atoms with Gasteiger partial charge in [0.1, 0.15) is 11.8 Å². The summed E-state index contributed by atoms with van der Waals surface area (Å²) in [5.74, 6) is 0.279. The van der Waals surface area contributed by atoms with Crippen LogP contribution in [-0.2, 0) is 0 Å². The molecule has 0 atom stereocenters. The SMILES string of the molecule is COc1cc(N2CCN(C(=O)O)CC2)c(C#N)c([N+](=O)[O-])c1. The van der Waals surface area contributed by atoms with Gasteiger partial charge in [-0.3, -0.25) is 10.1 Å². The smallest absolute Gasteiger partial charge is 0.407 e. The fraction of sp³-hybridized carbons (Fsp3) is 0.385. The molecule has 0 bridgehead atoms. The van der Waals surface area contributed by atoms with Gasteiger partial charge in [-0.25, -0.2) is 4.79 Å². The highest BCUT2D eigenvalue weighted by Crippen LogP contribution is 2.34. The average Bonchev–Trinajstić information content (AvgIpc) is 2.53. The first-order valence-corrected chi connectivity index (χ1v) is 6.47. The number of nitro groups is 1. The topological polar surface area (TPSA) is 120 Å². The van der Waals surface area contributed by atoms with Crippen LogP contribution >= 0.6 is 0 Å². The molecule has 1 fully saturated rings. The quantitative estimate of drug-likeness (QED) is 0.659. The van der Waals surface area contributed by atoms with Crippen LogP contribution in [0.1, 0.15) is 5.56 Å². The third-order valence-corrected chi connectivity index (χ3v) is 3.51. The molecule has 1 aliphatic rings. The number of hydrogen-bond donors (Lipinski definition) is 1. The molecular weight excluding hydrogens is 292 g/mol. The molecule has 1 heterocycles. The first kappa shape index (κ1) is 15.4. The Hall–Kier alpha value is -3.02. The molecular formula is C13H14N4O5. The van der Waals surface area contributed by atoms with Gasteiger partial charge in [0.05, 0.1) is 23.8 Å². The fourth-order valence-electron chi connectivity index (χ4n) is 2.35. The number of anilines is 1. The Bertz CT molecular complexity index is 647. The van der Waals surface area contributed by atoms with Gasteiger partial charge in [-0.15, -0.1) is 0 Å². The first-order valence-electron chi connectivity index (χ1n) is 6.47. The zero-order chi connectivity index (χ0) is 16.3. The Morgan fingerprint density at radius 2 is 2.05 bits per heavy atom. The van der Waals surface area contributed by atoms with E-state index in [0.29, 0.717) is 18.8 Å². The van der Waals surface area contributed by atoms with Crippen molar-refractivity contribution >= 4 is 17.5 Å². The zero-order valence-corrected chi connectivity index (χ0v) is 11.9. The molecule has 116 valence electrons. The van der Waals surface area contributed by atoms with Gasteiger partial charge in [-0.1, -0.05) is 0 Å². The second-order valence-corrected chi connectivity index (χ2v) is 4.67. The Morgan fingerprint density at radius 1 is 1.41 bits per heavy atom. The van der Waals surface area contributed by atoms with E-state index in [0.717, 1.165) is 0 Å². The summed E-state index contributed by atoms with van der Waals surface area (Å²) >= 11 is 0. The highest BCUT2D eigenvalue weighted by Gasteiger charge is 2.27. The summed E-state index contributed by atoms with van der Waals surface area (Å²) in [6.45, 7) is 1.24. The highest BCUT2D eigenvalue weighted by atomic mass is 16.6. The minimum absolute atomic E-state index is 0.0467. The van der Waals surface area contributed by atoms with E-state index in [1.807, 2.05) is 6.07 Å². The number of carbonyl (C=O) groups is 1. The third kappa shape index (κ3) is 2.85. The van der Waals surface area contributed by atoms with E-state index in [1.54, 1.807) is 11.0 Å². The summed E-state index contributed by atoms with van der Waals surface area (Å²) in [5.41, 5.74) is 0.0191. The number of piperazine rings is 1. The number of carboxylic acid groups (broad SMARTS) is 1. The summed E-state index contributed by atoms with van der Waals surface area (Å²) in [5, 5.41) is 29.3. The largest absolute Gasteiger partial charge is 0.496 e. The Labute approximate surface area is 126 Å². The van der Waals surface area contributed by atoms with E-state index in [9.17, 15) is 20.2 Å². The van der Waals surface area contributed by atoms with Crippen LogP contribution in [-0.4, -0.2) is 54.3 Å². The normalized spacial score (nSPS) is 14.4. The number of amides is 1. The van der Waals surface area contributed by atoms with Gasteiger partial charge in [0.15, 0.2) is 5.56 Å². The minimum atomic E-state index is -1.00. The van der Waals surface area contributed by atoms with E-state index < -0.39 is 11.0 Å². The van der Waals surface area contributed by atoms with E-state index in [2.05, 4.69) is 0 Å². The molecule has 9 heteroatoms. The van der Waals surface area contributed by atoms with Crippen LogP contribution in [0.3, 0.4) is 0 Å². The Morgan fingerprint density at radius 3 is 2.50 bits per heavy atom. The molecule has 1 aliphatic heterocycles. The van der Waals surface area contributed by atoms with Crippen LogP contribution < -0.4 is 9.64 Å². The van der Waals surface area contributed by atoms with Crippen molar-refractivity contribution in [2.75, 3.05) is 38.2 Å². The lowest BCUT2D eigenvalue weighted by molar-refractivity contribution is -0.385. The molecule has 1 N–H and O–H groups in total. The van der Waals surface area contributed by atoms with E-state index in [1.165, 1.54) is 18.1 Å². The molecule has 1 aromatic rings. The van der Waals surface area contributed by atoms with E-state index in [4.69, 9.17) is 9.84 Å². The average molecular weight is 306 g/mol. The maximum atomic E-state index is 11.1. The van der Waals surface area contributed by atoms with Crippen molar-refractivity contribution in [2.45, 2.75) is 0 Å². The number of methoxy groups -OCH3 is 1. The summed E-state index contributed by atoms with van der Waals surface area (Å²) < 4.78 is 5.05. The van der Waals surface area contributed by atoms with Crippen LogP contribution in [0.4, 0.5) is 16.2 Å². The Balaban J connectivity index is 2.38. The summed E-state index contributed by atoms with van der Waals surface area (Å²) in [6, 6.07) is 4.62. The zero-order valence-electron chi connectivity index (χ0n) is 11.9. The molecule has 2 rings (SSSR count). The molecule has 9 nitrogen and oxygen atoms in total. The number of nitriles is 1. The van der Waals surface area contributed by atoms with E-state index >= 15 is 0 Å². The maximum Gasteiger partial charge on any atom is 0.407 e. The maximum absolute atomic E-state index is 11.1.